The maximum atomic E-state index is 12.7. The molecule has 4 heteroatoms. The van der Waals surface area contributed by atoms with Crippen molar-refractivity contribution >= 4 is 5.78 Å². The summed E-state index contributed by atoms with van der Waals surface area (Å²) in [5.74, 6) is -4.19. The molecular formula is C10H11F3O. The minimum atomic E-state index is -1.29. The molecular weight excluding hydrogens is 193 g/mol. The Morgan fingerprint density at radius 3 is 1.86 bits per heavy atom. The van der Waals surface area contributed by atoms with E-state index in [0.29, 0.717) is 12.1 Å². The van der Waals surface area contributed by atoms with Crippen molar-refractivity contribution < 1.29 is 18.0 Å². The Morgan fingerprint density at radius 2 is 1.43 bits per heavy atom. The lowest BCUT2D eigenvalue weighted by Gasteiger charge is -1.98. The summed E-state index contributed by atoms with van der Waals surface area (Å²) in [5.41, 5.74) is -0.436. The number of hydrogen-bond acceptors (Lipinski definition) is 1. The predicted octanol–water partition coefficient (Wildman–Crippen LogP) is 3.33. The summed E-state index contributed by atoms with van der Waals surface area (Å²) < 4.78 is 37.4. The van der Waals surface area contributed by atoms with Gasteiger partial charge in [-0.25, -0.2) is 13.2 Å². The van der Waals surface area contributed by atoms with Crippen LogP contribution in [-0.4, -0.2) is 5.78 Å². The van der Waals surface area contributed by atoms with Crippen LogP contribution < -0.4 is 0 Å². The second-order valence-electron chi connectivity index (χ2n) is 2.30. The van der Waals surface area contributed by atoms with Crippen molar-refractivity contribution in [2.24, 2.45) is 0 Å². The molecule has 0 amide bonds. The molecule has 0 saturated carbocycles. The number of ketones is 1. The second kappa shape index (κ2) is 5.42. The van der Waals surface area contributed by atoms with E-state index in [0.717, 1.165) is 6.92 Å². The average Bonchev–Trinajstić information content (AvgIpc) is 2.14. The average molecular weight is 204 g/mol. The van der Waals surface area contributed by atoms with Crippen molar-refractivity contribution in [3.05, 3.63) is 35.1 Å². The third-order valence-electron chi connectivity index (χ3n) is 1.39. The molecule has 1 aromatic carbocycles. The van der Waals surface area contributed by atoms with E-state index < -0.39 is 28.8 Å². The van der Waals surface area contributed by atoms with E-state index in [2.05, 4.69) is 0 Å². The molecule has 0 aromatic heterocycles. The number of benzene rings is 1. The Hall–Kier alpha value is -1.32. The highest BCUT2D eigenvalue weighted by Gasteiger charge is 2.12. The Kier molecular flexibility index (Phi) is 4.91. The molecule has 0 N–H and O–H groups in total. The van der Waals surface area contributed by atoms with Crippen LogP contribution in [-0.2, 0) is 0 Å². The van der Waals surface area contributed by atoms with Gasteiger partial charge in [0.25, 0.3) is 0 Å². The van der Waals surface area contributed by atoms with Gasteiger partial charge in [0.1, 0.15) is 5.82 Å². The minimum Gasteiger partial charge on any atom is -0.294 e. The first-order valence-corrected chi connectivity index (χ1v) is 4.18. The van der Waals surface area contributed by atoms with Gasteiger partial charge in [0.15, 0.2) is 17.4 Å². The Labute approximate surface area is 80.6 Å². The monoisotopic (exact) mass is 204 g/mol. The number of rotatable bonds is 1. The number of carbonyl (C=O) groups excluding carboxylic acids is 1. The molecule has 1 rings (SSSR count). The van der Waals surface area contributed by atoms with Crippen LogP contribution in [0.2, 0.25) is 0 Å². The van der Waals surface area contributed by atoms with Gasteiger partial charge in [0, 0.05) is 6.07 Å². The normalized spacial score (nSPS) is 9.00. The summed E-state index contributed by atoms with van der Waals surface area (Å²) in [7, 11) is 0. The van der Waals surface area contributed by atoms with Crippen LogP contribution in [0.25, 0.3) is 0 Å². The quantitative estimate of drug-likeness (QED) is 0.506. The van der Waals surface area contributed by atoms with E-state index in [9.17, 15) is 18.0 Å². The molecule has 0 spiro atoms. The van der Waals surface area contributed by atoms with Gasteiger partial charge < -0.3 is 0 Å². The second-order valence-corrected chi connectivity index (χ2v) is 2.30. The molecule has 14 heavy (non-hydrogen) atoms. The van der Waals surface area contributed by atoms with Gasteiger partial charge in [-0.2, -0.15) is 0 Å². The lowest BCUT2D eigenvalue weighted by molar-refractivity contribution is 0.101. The van der Waals surface area contributed by atoms with Crippen LogP contribution in [0.4, 0.5) is 13.2 Å². The van der Waals surface area contributed by atoms with Crippen LogP contribution in [0.3, 0.4) is 0 Å². The fourth-order valence-electron chi connectivity index (χ4n) is 0.792. The van der Waals surface area contributed by atoms with Gasteiger partial charge in [0.2, 0.25) is 0 Å². The summed E-state index contributed by atoms with van der Waals surface area (Å²) in [5, 5.41) is 0. The molecule has 0 saturated heterocycles. The zero-order chi connectivity index (χ0) is 11.3. The largest absolute Gasteiger partial charge is 0.294 e. The first kappa shape index (κ1) is 12.7. The lowest BCUT2D eigenvalue weighted by atomic mass is 10.1. The van der Waals surface area contributed by atoms with E-state index in [1.807, 2.05) is 13.8 Å². The molecule has 0 bridgehead atoms. The standard InChI is InChI=1S/C8H5F3O.C2H6/c1-4(12)5-2-7(10)8(11)3-6(5)9;1-2/h2-3H,1H3;1-2H3. The number of halogens is 3. The van der Waals surface area contributed by atoms with Crippen molar-refractivity contribution in [2.75, 3.05) is 0 Å². The molecule has 0 fully saturated rings. The Balaban J connectivity index is 0.000000791. The molecule has 0 unspecified atom stereocenters. The molecule has 1 aromatic rings. The fourth-order valence-corrected chi connectivity index (χ4v) is 0.792. The molecule has 0 aliphatic rings. The number of hydrogen-bond donors (Lipinski definition) is 0. The van der Waals surface area contributed by atoms with Gasteiger partial charge in [-0.05, 0) is 13.0 Å². The first-order chi connectivity index (χ1) is 6.52. The third kappa shape index (κ3) is 2.87. The van der Waals surface area contributed by atoms with Crippen molar-refractivity contribution in [1.82, 2.24) is 0 Å². The molecule has 78 valence electrons. The predicted molar refractivity (Wildman–Crippen MR) is 47.7 cm³/mol. The molecule has 0 radical (unpaired) electrons. The van der Waals surface area contributed by atoms with Crippen LogP contribution >= 0.6 is 0 Å². The van der Waals surface area contributed by atoms with Gasteiger partial charge >= 0.3 is 0 Å². The summed E-state index contributed by atoms with van der Waals surface area (Å²) in [6.45, 7) is 5.08. The van der Waals surface area contributed by atoms with E-state index in [-0.39, 0.29) is 0 Å². The molecule has 0 heterocycles. The zero-order valence-electron chi connectivity index (χ0n) is 8.20. The van der Waals surface area contributed by atoms with Crippen LogP contribution in [0, 0.1) is 17.5 Å². The zero-order valence-corrected chi connectivity index (χ0v) is 8.20. The highest BCUT2D eigenvalue weighted by molar-refractivity contribution is 5.94. The maximum Gasteiger partial charge on any atom is 0.162 e. The van der Waals surface area contributed by atoms with E-state index in [4.69, 9.17) is 0 Å². The maximum absolute atomic E-state index is 12.7. The highest BCUT2D eigenvalue weighted by Crippen LogP contribution is 2.13. The van der Waals surface area contributed by atoms with Gasteiger partial charge in [-0.3, -0.25) is 4.79 Å². The summed E-state index contributed by atoms with van der Waals surface area (Å²) in [4.78, 5) is 10.6. The van der Waals surface area contributed by atoms with Crippen molar-refractivity contribution in [3.63, 3.8) is 0 Å². The number of carbonyl (C=O) groups is 1. The van der Waals surface area contributed by atoms with E-state index >= 15 is 0 Å². The highest BCUT2D eigenvalue weighted by atomic mass is 19.2. The van der Waals surface area contributed by atoms with Crippen LogP contribution in [0.1, 0.15) is 31.1 Å². The van der Waals surface area contributed by atoms with E-state index in [1.54, 1.807) is 0 Å². The third-order valence-corrected chi connectivity index (χ3v) is 1.39. The molecule has 0 aliphatic carbocycles. The van der Waals surface area contributed by atoms with Crippen LogP contribution in [0.5, 0.6) is 0 Å². The van der Waals surface area contributed by atoms with Gasteiger partial charge in [0.05, 0.1) is 5.56 Å². The summed E-state index contributed by atoms with van der Waals surface area (Å²) >= 11 is 0. The Morgan fingerprint density at radius 1 is 1.00 bits per heavy atom. The van der Waals surface area contributed by atoms with E-state index in [1.165, 1.54) is 0 Å². The number of Topliss-reactive ketones (excluding diaryl/α,β-unsaturated/α-hetero) is 1. The SMILES string of the molecule is CC.CC(=O)c1cc(F)c(F)cc1F. The fraction of sp³-hybridized carbons (Fsp3) is 0.300. The van der Waals surface area contributed by atoms with Crippen molar-refractivity contribution in [2.45, 2.75) is 20.8 Å². The minimum absolute atomic E-state index is 0.353. The smallest absolute Gasteiger partial charge is 0.162 e. The van der Waals surface area contributed by atoms with Gasteiger partial charge in [-0.1, -0.05) is 13.8 Å². The Bertz CT molecular complexity index is 334. The molecule has 0 atom stereocenters. The van der Waals surface area contributed by atoms with Crippen molar-refractivity contribution in [3.8, 4) is 0 Å². The topological polar surface area (TPSA) is 17.1 Å². The molecule has 0 aliphatic heterocycles. The lowest BCUT2D eigenvalue weighted by Crippen LogP contribution is -1.99. The summed E-state index contributed by atoms with van der Waals surface area (Å²) in [6.07, 6.45) is 0. The first-order valence-electron chi connectivity index (χ1n) is 4.18. The molecule has 1 nitrogen and oxygen atoms in total. The summed E-state index contributed by atoms with van der Waals surface area (Å²) in [6, 6.07) is 0.902. The van der Waals surface area contributed by atoms with Crippen molar-refractivity contribution in [1.29, 1.82) is 0 Å². The van der Waals surface area contributed by atoms with Crippen LogP contribution in [0.15, 0.2) is 12.1 Å². The van der Waals surface area contributed by atoms with Gasteiger partial charge in [-0.15, -0.1) is 0 Å².